The zero-order valence-corrected chi connectivity index (χ0v) is 19.4. The van der Waals surface area contributed by atoms with Crippen molar-refractivity contribution in [2.45, 2.75) is 25.1 Å². The molecule has 2 N–H and O–H groups in total. The Morgan fingerprint density at radius 2 is 2.27 bits per heavy atom. The number of aliphatic hydroxyl groups excluding tert-OH is 1. The maximum Gasteiger partial charge on any atom is 0.172 e. The van der Waals surface area contributed by atoms with Crippen LogP contribution in [0.15, 0.2) is 30.5 Å². The number of nitrogens with zero attached hydrogens (tertiary/aromatic N) is 4. The Hall–Kier alpha value is -2.75. The van der Waals surface area contributed by atoms with Gasteiger partial charge < -0.3 is 19.6 Å². The number of fused-ring (bicyclic) bond motifs is 2. The van der Waals surface area contributed by atoms with Crippen LogP contribution in [0, 0.1) is 0 Å². The molecule has 2 aliphatic heterocycles. The summed E-state index contributed by atoms with van der Waals surface area (Å²) in [5.74, 6) is 1.30. The molecule has 9 heteroatoms. The molecule has 174 valence electrons. The number of rotatable bonds is 7. The average molecular weight is 470 g/mol. The highest BCUT2D eigenvalue weighted by Gasteiger charge is 2.31. The quantitative estimate of drug-likeness (QED) is 0.539. The number of nitrogens with one attached hydrogen (secondary N) is 1. The Balaban J connectivity index is 1.27. The third-order valence-corrected chi connectivity index (χ3v) is 7.16. The number of aromatic nitrogens is 2. The lowest BCUT2D eigenvalue weighted by atomic mass is 10.0. The average Bonchev–Trinajstić information content (AvgIpc) is 3.31. The van der Waals surface area contributed by atoms with Crippen LogP contribution in [0.25, 0.3) is 23.2 Å². The van der Waals surface area contributed by atoms with Crippen LogP contribution in [0.2, 0.25) is 0 Å². The molecule has 33 heavy (non-hydrogen) atoms. The van der Waals surface area contributed by atoms with Crippen molar-refractivity contribution in [1.82, 2.24) is 19.6 Å². The fraction of sp³-hybridized carbons (Fsp3) is 0.417. The molecular formula is C24H28FN5O2S. The van der Waals surface area contributed by atoms with E-state index in [-0.39, 0.29) is 19.2 Å². The molecule has 4 heterocycles. The number of hydrogen-bond donors (Lipinski definition) is 2. The standard InChI is InChI=1S/C24H28FN5O2S/c1-32-22-11-18-16(7-10-31)3-2-4-20(18)28-24(22)30-9-5-21(19(25)14-30)26-15-29-8-6-23-17(13-29)12-27-33-23/h2-4,6,11-13,19,21,26,31H,5,7-10,14-15H2,1H3. The van der Waals surface area contributed by atoms with Crippen LogP contribution in [-0.4, -0.2) is 71.6 Å². The molecule has 0 amide bonds. The van der Waals surface area contributed by atoms with Gasteiger partial charge in [0.2, 0.25) is 0 Å². The zero-order chi connectivity index (χ0) is 22.8. The maximum atomic E-state index is 15.2. The summed E-state index contributed by atoms with van der Waals surface area (Å²) >= 11 is 1.50. The number of aliphatic hydroxyl groups is 1. The van der Waals surface area contributed by atoms with Crippen molar-refractivity contribution >= 4 is 40.5 Å². The molecule has 0 spiro atoms. The number of piperidine rings is 1. The lowest BCUT2D eigenvalue weighted by molar-refractivity contribution is 0.203. The van der Waals surface area contributed by atoms with Crippen LogP contribution in [0.3, 0.4) is 0 Å². The molecule has 0 saturated carbocycles. The van der Waals surface area contributed by atoms with Gasteiger partial charge in [0, 0.05) is 48.7 Å². The fourth-order valence-corrected chi connectivity index (χ4v) is 5.21. The number of benzene rings is 1. The largest absolute Gasteiger partial charge is 0.493 e. The zero-order valence-electron chi connectivity index (χ0n) is 18.6. The van der Waals surface area contributed by atoms with Gasteiger partial charge in [0.1, 0.15) is 6.17 Å². The third-order valence-electron chi connectivity index (χ3n) is 6.35. The van der Waals surface area contributed by atoms with Gasteiger partial charge in [0.25, 0.3) is 0 Å². The molecule has 5 rings (SSSR count). The number of halogens is 1. The van der Waals surface area contributed by atoms with E-state index in [0.29, 0.717) is 37.6 Å². The molecular weight excluding hydrogens is 441 g/mol. The van der Waals surface area contributed by atoms with E-state index >= 15 is 4.39 Å². The van der Waals surface area contributed by atoms with Gasteiger partial charge in [0.15, 0.2) is 11.6 Å². The number of hydrogen-bond acceptors (Lipinski definition) is 8. The molecule has 1 aromatic carbocycles. The summed E-state index contributed by atoms with van der Waals surface area (Å²) in [4.78, 5) is 8.94. The lowest BCUT2D eigenvalue weighted by Gasteiger charge is -2.37. The van der Waals surface area contributed by atoms with Crippen LogP contribution in [0.1, 0.15) is 12.0 Å². The van der Waals surface area contributed by atoms with E-state index in [4.69, 9.17) is 9.72 Å². The minimum Gasteiger partial charge on any atom is -0.493 e. The first-order valence-electron chi connectivity index (χ1n) is 11.2. The van der Waals surface area contributed by atoms with Gasteiger partial charge in [-0.15, -0.1) is 0 Å². The molecule has 2 aliphatic rings. The van der Waals surface area contributed by atoms with Gasteiger partial charge in [-0.1, -0.05) is 12.1 Å². The topological polar surface area (TPSA) is 73.8 Å². The van der Waals surface area contributed by atoms with Gasteiger partial charge in [0.05, 0.1) is 30.4 Å². The monoisotopic (exact) mass is 469 g/mol. The van der Waals surface area contributed by atoms with Crippen molar-refractivity contribution in [1.29, 1.82) is 0 Å². The van der Waals surface area contributed by atoms with Crippen LogP contribution in [0.4, 0.5) is 10.2 Å². The van der Waals surface area contributed by atoms with Crippen molar-refractivity contribution in [2.24, 2.45) is 0 Å². The molecule has 1 saturated heterocycles. The summed E-state index contributed by atoms with van der Waals surface area (Å²) < 4.78 is 26.2. The summed E-state index contributed by atoms with van der Waals surface area (Å²) in [7, 11) is 1.61. The van der Waals surface area contributed by atoms with Crippen LogP contribution in [0.5, 0.6) is 5.75 Å². The Bertz CT molecular complexity index is 1250. The first-order valence-corrected chi connectivity index (χ1v) is 12.0. The molecule has 0 bridgehead atoms. The van der Waals surface area contributed by atoms with Crippen molar-refractivity contribution in [2.75, 3.05) is 44.9 Å². The van der Waals surface area contributed by atoms with E-state index in [1.165, 1.54) is 16.1 Å². The van der Waals surface area contributed by atoms with E-state index in [0.717, 1.165) is 28.2 Å². The number of pyridine rings is 1. The van der Waals surface area contributed by atoms with Crippen LogP contribution in [-0.2, 0) is 6.42 Å². The summed E-state index contributed by atoms with van der Waals surface area (Å²) in [6.07, 6.45) is 6.33. The first-order chi connectivity index (χ1) is 16.2. The van der Waals surface area contributed by atoms with Gasteiger partial charge in [-0.05, 0) is 48.1 Å². The predicted molar refractivity (Wildman–Crippen MR) is 130 cm³/mol. The van der Waals surface area contributed by atoms with E-state index in [1.54, 1.807) is 7.11 Å². The Labute approximate surface area is 196 Å². The Morgan fingerprint density at radius 3 is 3.09 bits per heavy atom. The molecule has 3 aromatic rings. The van der Waals surface area contributed by atoms with Crippen molar-refractivity contribution in [3.63, 3.8) is 0 Å². The van der Waals surface area contributed by atoms with E-state index in [2.05, 4.69) is 26.9 Å². The maximum absolute atomic E-state index is 15.2. The Kier molecular flexibility index (Phi) is 6.43. The minimum absolute atomic E-state index is 0.0752. The van der Waals surface area contributed by atoms with E-state index in [1.807, 2.05) is 35.4 Å². The summed E-state index contributed by atoms with van der Waals surface area (Å²) in [5, 5.41) is 14.8. The molecule has 2 aromatic heterocycles. The van der Waals surface area contributed by atoms with Crippen LogP contribution < -0.4 is 24.7 Å². The molecule has 2 atom stereocenters. The molecule has 2 unspecified atom stereocenters. The number of anilines is 1. The predicted octanol–water partition coefficient (Wildman–Crippen LogP) is 1.23. The summed E-state index contributed by atoms with van der Waals surface area (Å²) in [6.45, 7) is 2.43. The SMILES string of the molecule is COc1cc2c(CCO)cccc2nc1N1CCC(NCN2C=c3cnsc3=CC2)C(F)C1. The van der Waals surface area contributed by atoms with Gasteiger partial charge in [-0.25, -0.2) is 9.37 Å². The number of ether oxygens (including phenoxy) is 1. The van der Waals surface area contributed by atoms with E-state index in [9.17, 15) is 5.11 Å². The highest BCUT2D eigenvalue weighted by molar-refractivity contribution is 7.03. The van der Waals surface area contributed by atoms with Crippen molar-refractivity contribution in [3.05, 3.63) is 45.8 Å². The molecule has 0 aliphatic carbocycles. The molecule has 1 fully saturated rings. The lowest BCUT2D eigenvalue weighted by Crippen LogP contribution is -2.53. The second-order valence-corrected chi connectivity index (χ2v) is 9.27. The van der Waals surface area contributed by atoms with Crippen molar-refractivity contribution < 1.29 is 14.2 Å². The third kappa shape index (κ3) is 4.53. The van der Waals surface area contributed by atoms with Crippen molar-refractivity contribution in [3.8, 4) is 5.75 Å². The summed E-state index contributed by atoms with van der Waals surface area (Å²) in [5.41, 5.74) is 1.85. The van der Waals surface area contributed by atoms with Gasteiger partial charge in [-0.2, -0.15) is 4.37 Å². The highest BCUT2D eigenvalue weighted by atomic mass is 32.1. The minimum atomic E-state index is -1.02. The van der Waals surface area contributed by atoms with Crippen LogP contribution >= 0.6 is 11.5 Å². The highest BCUT2D eigenvalue weighted by Crippen LogP contribution is 2.33. The van der Waals surface area contributed by atoms with Gasteiger partial charge >= 0.3 is 0 Å². The molecule has 0 radical (unpaired) electrons. The Morgan fingerprint density at radius 1 is 1.36 bits per heavy atom. The number of methoxy groups -OCH3 is 1. The fourth-order valence-electron chi connectivity index (χ4n) is 4.57. The van der Waals surface area contributed by atoms with Gasteiger partial charge in [-0.3, -0.25) is 5.32 Å². The first kappa shape index (κ1) is 22.1. The second-order valence-electron chi connectivity index (χ2n) is 8.44. The number of alkyl halides is 1. The summed E-state index contributed by atoms with van der Waals surface area (Å²) in [6, 6.07) is 7.62. The van der Waals surface area contributed by atoms with E-state index < -0.39 is 6.17 Å². The smallest absolute Gasteiger partial charge is 0.172 e. The molecule has 7 nitrogen and oxygen atoms in total. The second kappa shape index (κ2) is 9.62. The normalized spacial score (nSPS) is 20.3.